The van der Waals surface area contributed by atoms with Gasteiger partial charge >= 0.3 is 5.97 Å². The molecule has 3 heteroatoms. The van der Waals surface area contributed by atoms with Crippen molar-refractivity contribution in [2.24, 2.45) is 5.92 Å². The Balaban J connectivity index is 1.75. The molecule has 1 aliphatic heterocycles. The van der Waals surface area contributed by atoms with E-state index in [1.165, 1.54) is 23.8 Å². The van der Waals surface area contributed by atoms with E-state index in [4.69, 9.17) is 4.74 Å². The topological polar surface area (TPSA) is 38.3 Å². The second-order valence-electron chi connectivity index (χ2n) is 9.04. The SMILES string of the molecule is COC(=O)c1ccc2c(c1C)N[C@H](c1ccc(C(C)(C)C)cc1)[C@@H]1CC=C[C@@H]21. The second kappa shape index (κ2) is 6.80. The highest BCUT2D eigenvalue weighted by Gasteiger charge is 2.39. The van der Waals surface area contributed by atoms with E-state index in [0.717, 1.165) is 17.7 Å². The second-order valence-corrected chi connectivity index (χ2v) is 9.04. The van der Waals surface area contributed by atoms with Crippen molar-refractivity contribution in [3.63, 3.8) is 0 Å². The van der Waals surface area contributed by atoms with E-state index < -0.39 is 0 Å². The van der Waals surface area contributed by atoms with Gasteiger partial charge < -0.3 is 10.1 Å². The molecule has 3 nitrogen and oxygen atoms in total. The fourth-order valence-corrected chi connectivity index (χ4v) is 4.67. The minimum absolute atomic E-state index is 0.147. The third-order valence-corrected chi connectivity index (χ3v) is 6.34. The summed E-state index contributed by atoms with van der Waals surface area (Å²) in [5.41, 5.74) is 6.77. The number of hydrogen-bond donors (Lipinski definition) is 1. The Morgan fingerprint density at radius 3 is 2.46 bits per heavy atom. The lowest BCUT2D eigenvalue weighted by Crippen LogP contribution is -2.30. The van der Waals surface area contributed by atoms with Crippen LogP contribution in [0.25, 0.3) is 0 Å². The number of carbonyl (C=O) groups is 1. The highest BCUT2D eigenvalue weighted by molar-refractivity contribution is 5.93. The van der Waals surface area contributed by atoms with Gasteiger partial charge in [-0.2, -0.15) is 0 Å². The first-order chi connectivity index (χ1) is 13.3. The van der Waals surface area contributed by atoms with Crippen LogP contribution in [-0.4, -0.2) is 13.1 Å². The van der Waals surface area contributed by atoms with Crippen LogP contribution in [0.2, 0.25) is 0 Å². The lowest BCUT2D eigenvalue weighted by molar-refractivity contribution is 0.0600. The molecule has 0 unspecified atom stereocenters. The lowest BCUT2D eigenvalue weighted by Gasteiger charge is -2.38. The zero-order valence-corrected chi connectivity index (χ0v) is 17.4. The minimum atomic E-state index is -0.280. The van der Waals surface area contributed by atoms with Crippen molar-refractivity contribution in [2.75, 3.05) is 12.4 Å². The maximum Gasteiger partial charge on any atom is 0.338 e. The third kappa shape index (κ3) is 3.03. The largest absolute Gasteiger partial charge is 0.465 e. The number of hydrogen-bond acceptors (Lipinski definition) is 3. The molecule has 146 valence electrons. The van der Waals surface area contributed by atoms with Crippen LogP contribution >= 0.6 is 0 Å². The van der Waals surface area contributed by atoms with Crippen molar-refractivity contribution in [1.82, 2.24) is 0 Å². The van der Waals surface area contributed by atoms with Crippen LogP contribution in [0.4, 0.5) is 5.69 Å². The number of esters is 1. The average molecular weight is 376 g/mol. The number of allylic oxidation sites excluding steroid dienone is 2. The van der Waals surface area contributed by atoms with E-state index in [1.54, 1.807) is 0 Å². The maximum atomic E-state index is 12.2. The number of fused-ring (bicyclic) bond motifs is 3. The van der Waals surface area contributed by atoms with Crippen LogP contribution in [0, 0.1) is 12.8 Å². The highest BCUT2D eigenvalue weighted by Crippen LogP contribution is 2.51. The molecule has 1 heterocycles. The fraction of sp³-hybridized carbons (Fsp3) is 0.400. The molecule has 0 spiro atoms. The molecule has 0 amide bonds. The standard InChI is InChI=1S/C25H29NO2/c1-15-18(24(27)28-5)13-14-21-19-7-6-8-20(19)23(26-22(15)21)16-9-11-17(12-10-16)25(2,3)4/h6-7,9-14,19-20,23,26H,8H2,1-5H3/t19-,20-,23-/m1/s1. The number of nitrogens with one attached hydrogen (secondary N) is 1. The van der Waals surface area contributed by atoms with E-state index in [1.807, 2.05) is 13.0 Å². The van der Waals surface area contributed by atoms with Crippen LogP contribution in [-0.2, 0) is 10.2 Å². The van der Waals surface area contributed by atoms with Crippen LogP contribution in [0.15, 0.2) is 48.6 Å². The van der Waals surface area contributed by atoms with Crippen LogP contribution in [0.5, 0.6) is 0 Å². The molecule has 28 heavy (non-hydrogen) atoms. The molecule has 1 aliphatic carbocycles. The van der Waals surface area contributed by atoms with Gasteiger partial charge in [0, 0.05) is 11.6 Å². The zero-order chi connectivity index (χ0) is 20.1. The van der Waals surface area contributed by atoms with Crippen LogP contribution < -0.4 is 5.32 Å². The summed E-state index contributed by atoms with van der Waals surface area (Å²) in [5, 5.41) is 3.78. The van der Waals surface area contributed by atoms with Gasteiger partial charge in [0.05, 0.1) is 18.7 Å². The quantitative estimate of drug-likeness (QED) is 0.524. The van der Waals surface area contributed by atoms with Crippen LogP contribution in [0.1, 0.15) is 71.8 Å². The molecule has 0 saturated heterocycles. The molecule has 0 saturated carbocycles. The van der Waals surface area contributed by atoms with E-state index in [2.05, 4.69) is 68.6 Å². The molecule has 0 aromatic heterocycles. The van der Waals surface area contributed by atoms with Gasteiger partial charge in [-0.3, -0.25) is 0 Å². The molecular formula is C25H29NO2. The molecule has 0 bridgehead atoms. The average Bonchev–Trinajstić information content (AvgIpc) is 3.17. The normalized spacial score (nSPS) is 23.0. The first-order valence-corrected chi connectivity index (χ1v) is 10.1. The van der Waals surface area contributed by atoms with Crippen molar-refractivity contribution < 1.29 is 9.53 Å². The Labute approximate surface area is 167 Å². The summed E-state index contributed by atoms with van der Waals surface area (Å²) >= 11 is 0. The van der Waals surface area contributed by atoms with Crippen molar-refractivity contribution in [1.29, 1.82) is 0 Å². The monoisotopic (exact) mass is 375 g/mol. The van der Waals surface area contributed by atoms with Gasteiger partial charge in [-0.1, -0.05) is 63.3 Å². The Bertz CT molecular complexity index is 934. The number of methoxy groups -OCH3 is 1. The van der Waals surface area contributed by atoms with E-state index in [0.29, 0.717) is 17.4 Å². The number of rotatable bonds is 2. The molecule has 2 aliphatic rings. The molecule has 0 fully saturated rings. The summed E-state index contributed by atoms with van der Waals surface area (Å²) in [5.74, 6) is 0.600. The first kappa shape index (κ1) is 18.8. The molecular weight excluding hydrogens is 346 g/mol. The third-order valence-electron chi connectivity index (χ3n) is 6.34. The van der Waals surface area contributed by atoms with Gasteiger partial charge in [0.1, 0.15) is 0 Å². The first-order valence-electron chi connectivity index (χ1n) is 10.1. The molecule has 3 atom stereocenters. The van der Waals surface area contributed by atoms with Gasteiger partial charge in [0.2, 0.25) is 0 Å². The number of anilines is 1. The highest BCUT2D eigenvalue weighted by atomic mass is 16.5. The summed E-state index contributed by atoms with van der Waals surface area (Å²) in [6.07, 6.45) is 5.70. The zero-order valence-electron chi connectivity index (χ0n) is 17.4. The summed E-state index contributed by atoms with van der Waals surface area (Å²) in [6.45, 7) is 8.74. The van der Waals surface area contributed by atoms with Crippen LogP contribution in [0.3, 0.4) is 0 Å². The van der Waals surface area contributed by atoms with Crippen molar-refractivity contribution >= 4 is 11.7 Å². The van der Waals surface area contributed by atoms with Gasteiger partial charge in [-0.15, -0.1) is 0 Å². The van der Waals surface area contributed by atoms with Crippen molar-refractivity contribution in [2.45, 2.75) is 51.5 Å². The predicted molar refractivity (Wildman–Crippen MR) is 114 cm³/mol. The Hall–Kier alpha value is -2.55. The lowest BCUT2D eigenvalue weighted by atomic mass is 9.75. The number of benzene rings is 2. The van der Waals surface area contributed by atoms with Crippen molar-refractivity contribution in [3.8, 4) is 0 Å². The molecule has 1 N–H and O–H groups in total. The van der Waals surface area contributed by atoms with Gasteiger partial charge in [0.15, 0.2) is 0 Å². The predicted octanol–water partition coefficient (Wildman–Crippen LogP) is 5.91. The Kier molecular flexibility index (Phi) is 4.57. The maximum absolute atomic E-state index is 12.2. The number of carbonyl (C=O) groups excluding carboxylic acids is 1. The van der Waals surface area contributed by atoms with Gasteiger partial charge in [-0.05, 0) is 53.0 Å². The van der Waals surface area contributed by atoms with E-state index in [9.17, 15) is 4.79 Å². The molecule has 2 aromatic rings. The smallest absolute Gasteiger partial charge is 0.338 e. The summed E-state index contributed by atoms with van der Waals surface area (Å²) in [7, 11) is 1.43. The van der Waals surface area contributed by atoms with E-state index in [-0.39, 0.29) is 17.4 Å². The minimum Gasteiger partial charge on any atom is -0.465 e. The van der Waals surface area contributed by atoms with E-state index >= 15 is 0 Å². The summed E-state index contributed by atoms with van der Waals surface area (Å²) in [4.78, 5) is 12.2. The van der Waals surface area contributed by atoms with Gasteiger partial charge in [-0.25, -0.2) is 4.79 Å². The molecule has 2 aromatic carbocycles. The summed E-state index contributed by atoms with van der Waals surface area (Å²) in [6, 6.07) is 13.3. The number of ether oxygens (including phenoxy) is 1. The molecule has 0 radical (unpaired) electrons. The van der Waals surface area contributed by atoms with Crippen molar-refractivity contribution in [3.05, 3.63) is 76.4 Å². The molecule has 4 rings (SSSR count). The Morgan fingerprint density at radius 1 is 1.11 bits per heavy atom. The Morgan fingerprint density at radius 2 is 1.82 bits per heavy atom. The van der Waals surface area contributed by atoms with Gasteiger partial charge in [0.25, 0.3) is 0 Å². The fourth-order valence-electron chi connectivity index (χ4n) is 4.67. The summed E-state index contributed by atoms with van der Waals surface area (Å²) < 4.78 is 4.97.